The van der Waals surface area contributed by atoms with E-state index in [4.69, 9.17) is 4.74 Å². The number of hydrogen-bond acceptors (Lipinski definition) is 5. The normalized spacial score (nSPS) is 10.8. The molecule has 3 aromatic heterocycles. The van der Waals surface area contributed by atoms with Gasteiger partial charge >= 0.3 is 0 Å². The molecule has 30 heavy (non-hydrogen) atoms. The molecule has 0 aliphatic rings. The minimum absolute atomic E-state index is 0.162. The third kappa shape index (κ3) is 4.07. The second-order valence-electron chi connectivity index (χ2n) is 6.94. The van der Waals surface area contributed by atoms with Crippen LogP contribution in [-0.2, 0) is 20.6 Å². The standard InChI is InChI=1S/C22H22N6O2/c1-15-19(22(29)24-13-17-7-10-25-28(17)3)5-4-6-21(15)30-18-8-9-23-20(11-18)16-12-26-27(2)14-16/h4-12,14H,13H2,1-3H3,(H,24,29). The first-order valence-electron chi connectivity index (χ1n) is 9.49. The molecule has 4 rings (SSSR count). The molecular weight excluding hydrogens is 380 g/mol. The van der Waals surface area contributed by atoms with Gasteiger partial charge in [-0.3, -0.25) is 19.1 Å². The van der Waals surface area contributed by atoms with Crippen LogP contribution in [0.5, 0.6) is 11.5 Å². The fraction of sp³-hybridized carbons (Fsp3) is 0.182. The summed E-state index contributed by atoms with van der Waals surface area (Å²) in [4.78, 5) is 17.1. The number of aromatic nitrogens is 5. The molecule has 0 radical (unpaired) electrons. The Morgan fingerprint density at radius 1 is 1.13 bits per heavy atom. The number of pyridine rings is 1. The van der Waals surface area contributed by atoms with Gasteiger partial charge in [0.25, 0.3) is 5.91 Å². The molecule has 0 saturated carbocycles. The molecule has 1 aromatic carbocycles. The zero-order valence-electron chi connectivity index (χ0n) is 17.0. The van der Waals surface area contributed by atoms with E-state index in [-0.39, 0.29) is 5.91 Å². The summed E-state index contributed by atoms with van der Waals surface area (Å²) in [7, 11) is 3.70. The molecule has 0 aliphatic heterocycles. The number of nitrogens with zero attached hydrogens (tertiary/aromatic N) is 5. The van der Waals surface area contributed by atoms with Gasteiger partial charge in [-0.15, -0.1) is 0 Å². The lowest BCUT2D eigenvalue weighted by atomic mass is 10.1. The average molecular weight is 402 g/mol. The van der Waals surface area contributed by atoms with Gasteiger partial charge in [-0.25, -0.2) is 0 Å². The predicted molar refractivity (Wildman–Crippen MR) is 112 cm³/mol. The van der Waals surface area contributed by atoms with E-state index in [0.29, 0.717) is 23.6 Å². The topological polar surface area (TPSA) is 86.9 Å². The third-order valence-electron chi connectivity index (χ3n) is 4.84. The first-order chi connectivity index (χ1) is 14.5. The largest absolute Gasteiger partial charge is 0.457 e. The highest BCUT2D eigenvalue weighted by molar-refractivity contribution is 5.96. The molecule has 152 valence electrons. The average Bonchev–Trinajstić information content (AvgIpc) is 3.36. The molecule has 0 aliphatic carbocycles. The lowest BCUT2D eigenvalue weighted by Crippen LogP contribution is -2.24. The molecule has 0 spiro atoms. The Kier molecular flexibility index (Phi) is 5.30. The van der Waals surface area contributed by atoms with Crippen LogP contribution in [0.1, 0.15) is 21.6 Å². The fourth-order valence-electron chi connectivity index (χ4n) is 3.12. The number of nitrogens with one attached hydrogen (secondary N) is 1. The van der Waals surface area contributed by atoms with Crippen molar-refractivity contribution in [1.82, 2.24) is 29.9 Å². The van der Waals surface area contributed by atoms with Crippen molar-refractivity contribution in [2.45, 2.75) is 13.5 Å². The highest BCUT2D eigenvalue weighted by atomic mass is 16.5. The number of rotatable bonds is 6. The van der Waals surface area contributed by atoms with Gasteiger partial charge in [0.15, 0.2) is 0 Å². The Balaban J connectivity index is 1.52. The number of ether oxygens (including phenoxy) is 1. The zero-order valence-corrected chi connectivity index (χ0v) is 17.0. The van der Waals surface area contributed by atoms with Gasteiger partial charge in [0.1, 0.15) is 11.5 Å². The molecule has 8 heteroatoms. The van der Waals surface area contributed by atoms with Crippen LogP contribution < -0.4 is 10.1 Å². The minimum atomic E-state index is -0.162. The number of hydrogen-bond donors (Lipinski definition) is 1. The van der Waals surface area contributed by atoms with E-state index in [0.717, 1.165) is 22.5 Å². The Morgan fingerprint density at radius 2 is 2.00 bits per heavy atom. The quantitative estimate of drug-likeness (QED) is 0.535. The molecule has 0 bridgehead atoms. The highest BCUT2D eigenvalue weighted by Crippen LogP contribution is 2.29. The minimum Gasteiger partial charge on any atom is -0.457 e. The lowest BCUT2D eigenvalue weighted by Gasteiger charge is -2.13. The SMILES string of the molecule is Cc1c(Oc2ccnc(-c3cnn(C)c3)c2)cccc1C(=O)NCc1ccnn1C. The van der Waals surface area contributed by atoms with E-state index in [9.17, 15) is 4.79 Å². The van der Waals surface area contributed by atoms with Crippen LogP contribution in [0.2, 0.25) is 0 Å². The molecule has 0 atom stereocenters. The molecule has 1 N–H and O–H groups in total. The summed E-state index contributed by atoms with van der Waals surface area (Å²) in [6.45, 7) is 2.27. The fourth-order valence-corrected chi connectivity index (χ4v) is 3.12. The number of amides is 1. The maximum absolute atomic E-state index is 12.7. The van der Waals surface area contributed by atoms with E-state index in [1.165, 1.54) is 0 Å². The number of aryl methyl sites for hydroxylation is 2. The maximum atomic E-state index is 12.7. The van der Waals surface area contributed by atoms with Crippen LogP contribution in [-0.4, -0.2) is 30.5 Å². The molecule has 0 saturated heterocycles. The summed E-state index contributed by atoms with van der Waals surface area (Å²) in [5.41, 5.74) is 3.93. The summed E-state index contributed by atoms with van der Waals surface area (Å²) < 4.78 is 9.53. The Hall–Kier alpha value is -3.94. The molecule has 0 fully saturated rings. The Morgan fingerprint density at radius 3 is 2.73 bits per heavy atom. The van der Waals surface area contributed by atoms with Crippen molar-refractivity contribution >= 4 is 5.91 Å². The van der Waals surface area contributed by atoms with Crippen molar-refractivity contribution in [2.75, 3.05) is 0 Å². The lowest BCUT2D eigenvalue weighted by molar-refractivity contribution is 0.0949. The van der Waals surface area contributed by atoms with Crippen LogP contribution in [0.3, 0.4) is 0 Å². The van der Waals surface area contributed by atoms with Gasteiger partial charge in [0.05, 0.1) is 24.1 Å². The van der Waals surface area contributed by atoms with E-state index < -0.39 is 0 Å². The second kappa shape index (κ2) is 8.20. The van der Waals surface area contributed by atoms with Gasteiger partial charge in [-0.05, 0) is 31.2 Å². The predicted octanol–water partition coefficient (Wildman–Crippen LogP) is 3.25. The molecule has 1 amide bonds. The van der Waals surface area contributed by atoms with Crippen LogP contribution in [0.15, 0.2) is 61.2 Å². The number of carbonyl (C=O) groups excluding carboxylic acids is 1. The van der Waals surface area contributed by atoms with Crippen molar-refractivity contribution in [1.29, 1.82) is 0 Å². The van der Waals surface area contributed by atoms with Crippen molar-refractivity contribution in [3.63, 3.8) is 0 Å². The van der Waals surface area contributed by atoms with E-state index in [1.807, 2.05) is 51.5 Å². The van der Waals surface area contributed by atoms with E-state index in [1.54, 1.807) is 40.1 Å². The van der Waals surface area contributed by atoms with Gasteiger partial charge in [0.2, 0.25) is 0 Å². The molecule has 8 nitrogen and oxygen atoms in total. The van der Waals surface area contributed by atoms with Crippen molar-refractivity contribution in [3.8, 4) is 22.8 Å². The summed E-state index contributed by atoms with van der Waals surface area (Å²) in [5, 5.41) is 11.2. The van der Waals surface area contributed by atoms with Gasteiger partial charge in [-0.2, -0.15) is 10.2 Å². The second-order valence-corrected chi connectivity index (χ2v) is 6.94. The van der Waals surface area contributed by atoms with E-state index >= 15 is 0 Å². The van der Waals surface area contributed by atoms with Gasteiger partial charge < -0.3 is 10.1 Å². The maximum Gasteiger partial charge on any atom is 0.252 e. The van der Waals surface area contributed by atoms with Crippen LogP contribution >= 0.6 is 0 Å². The first-order valence-corrected chi connectivity index (χ1v) is 9.49. The smallest absolute Gasteiger partial charge is 0.252 e. The molecule has 3 heterocycles. The van der Waals surface area contributed by atoms with Crippen LogP contribution in [0.25, 0.3) is 11.3 Å². The summed E-state index contributed by atoms with van der Waals surface area (Å²) in [5.74, 6) is 1.09. The molecule has 4 aromatic rings. The van der Waals surface area contributed by atoms with Gasteiger partial charge in [-0.1, -0.05) is 6.07 Å². The van der Waals surface area contributed by atoms with Crippen LogP contribution in [0, 0.1) is 6.92 Å². The molecular formula is C22H22N6O2. The van der Waals surface area contributed by atoms with Crippen molar-refractivity contribution in [3.05, 3.63) is 78.0 Å². The van der Waals surface area contributed by atoms with Crippen molar-refractivity contribution < 1.29 is 9.53 Å². The third-order valence-corrected chi connectivity index (χ3v) is 4.84. The summed E-state index contributed by atoms with van der Waals surface area (Å²) >= 11 is 0. The highest BCUT2D eigenvalue weighted by Gasteiger charge is 2.14. The summed E-state index contributed by atoms with van der Waals surface area (Å²) in [6.07, 6.45) is 7.04. The Bertz CT molecular complexity index is 1190. The van der Waals surface area contributed by atoms with Gasteiger partial charge in [0, 0.05) is 55.4 Å². The van der Waals surface area contributed by atoms with Crippen molar-refractivity contribution in [2.24, 2.45) is 14.1 Å². The Labute approximate surface area is 174 Å². The van der Waals surface area contributed by atoms with Crippen LogP contribution in [0.4, 0.5) is 0 Å². The molecule has 0 unspecified atom stereocenters. The number of carbonyl (C=O) groups is 1. The first kappa shape index (κ1) is 19.4. The number of benzene rings is 1. The van der Waals surface area contributed by atoms with E-state index in [2.05, 4.69) is 20.5 Å². The monoisotopic (exact) mass is 402 g/mol. The zero-order chi connectivity index (χ0) is 21.1. The summed E-state index contributed by atoms with van der Waals surface area (Å²) in [6, 6.07) is 11.0.